The molecular weight excluding hydrogens is 112 g/mol. The largest absolute Gasteiger partial charge is 0.391 e. The molecule has 9 heavy (non-hydrogen) atoms. The van der Waals surface area contributed by atoms with E-state index in [1.807, 2.05) is 0 Å². The van der Waals surface area contributed by atoms with Crippen molar-refractivity contribution in [2.24, 2.45) is 0 Å². The summed E-state index contributed by atoms with van der Waals surface area (Å²) in [6.45, 7) is 8.32. The molecule has 0 radical (unpaired) electrons. The summed E-state index contributed by atoms with van der Waals surface area (Å²) >= 11 is 0. The molecule has 0 fully saturated rings. The molecule has 0 bridgehead atoms. The van der Waals surface area contributed by atoms with Gasteiger partial charge in [0.2, 0.25) is 0 Å². The fourth-order valence-corrected chi connectivity index (χ4v) is 0.246. The van der Waals surface area contributed by atoms with Gasteiger partial charge in [0.25, 0.3) is 0 Å². The third-order valence-corrected chi connectivity index (χ3v) is 0.539. The van der Waals surface area contributed by atoms with E-state index in [9.17, 15) is 0 Å². The second-order valence-electron chi connectivity index (χ2n) is 1.45. The molecule has 0 atom stereocenters. The van der Waals surface area contributed by atoms with Crippen LogP contribution in [0.2, 0.25) is 0 Å². The maximum atomic E-state index is 6.08. The van der Waals surface area contributed by atoms with Gasteiger partial charge in [-0.3, -0.25) is 0 Å². The van der Waals surface area contributed by atoms with Crippen molar-refractivity contribution < 1.29 is 0 Å². The van der Waals surface area contributed by atoms with Crippen LogP contribution in [0.3, 0.4) is 0 Å². The summed E-state index contributed by atoms with van der Waals surface area (Å²) in [6.07, 6.45) is 4.13. The Hall–Kier alpha value is -0.790. The topological polar surface area (TPSA) is 35.9 Å². The first-order valence-corrected chi connectivity index (χ1v) is 3.12. The zero-order valence-corrected chi connectivity index (χ0v) is 6.28. The molecule has 0 amide bonds. The van der Waals surface area contributed by atoms with Crippen molar-refractivity contribution in [2.75, 3.05) is 6.54 Å². The van der Waals surface area contributed by atoms with E-state index in [4.69, 9.17) is 5.41 Å². The molecule has 0 saturated carbocycles. The molecule has 2 nitrogen and oxygen atoms in total. The Labute approximate surface area is 57.5 Å². The van der Waals surface area contributed by atoms with Crippen LogP contribution in [0.5, 0.6) is 0 Å². The number of hydrogen-bond acceptors (Lipinski definition) is 2. The summed E-state index contributed by atoms with van der Waals surface area (Å²) in [5.74, 6) is 0. The minimum absolute atomic E-state index is 1.05. The Kier molecular flexibility index (Phi) is 19.3. The number of rotatable bonds is 3. The Morgan fingerprint density at radius 3 is 2.22 bits per heavy atom. The molecule has 0 aliphatic rings. The van der Waals surface area contributed by atoms with Crippen molar-refractivity contribution in [3.05, 3.63) is 12.8 Å². The van der Waals surface area contributed by atoms with Gasteiger partial charge in [-0.1, -0.05) is 13.5 Å². The predicted octanol–water partition coefficient (Wildman–Crippen LogP) is 1.79. The maximum absolute atomic E-state index is 6.08. The van der Waals surface area contributed by atoms with Crippen molar-refractivity contribution in [2.45, 2.75) is 20.3 Å². The van der Waals surface area contributed by atoms with Gasteiger partial charge in [0, 0.05) is 6.54 Å². The molecule has 0 aliphatic heterocycles. The molecule has 0 aromatic rings. The molecule has 0 saturated heterocycles. The summed E-state index contributed by atoms with van der Waals surface area (Å²) in [4.78, 5) is 0. The van der Waals surface area contributed by atoms with E-state index in [0.717, 1.165) is 6.54 Å². The lowest BCUT2D eigenvalue weighted by atomic mass is 10.5. The molecule has 2 N–H and O–H groups in total. The molecule has 0 aliphatic carbocycles. The first kappa shape index (κ1) is 11.1. The summed E-state index contributed by atoms with van der Waals surface area (Å²) in [5.41, 5.74) is 0. The monoisotopic (exact) mass is 128 g/mol. The quantitative estimate of drug-likeness (QED) is 0.441. The summed E-state index contributed by atoms with van der Waals surface area (Å²) in [6, 6.07) is 0. The van der Waals surface area contributed by atoms with Gasteiger partial charge in [-0.25, -0.2) is 0 Å². The van der Waals surface area contributed by atoms with E-state index in [0.29, 0.717) is 0 Å². The van der Waals surface area contributed by atoms with Gasteiger partial charge in [0.05, 0.1) is 0 Å². The van der Waals surface area contributed by atoms with Crippen molar-refractivity contribution in [3.8, 4) is 0 Å². The minimum atomic E-state index is 1.05. The molecule has 0 aromatic carbocycles. The van der Waals surface area contributed by atoms with E-state index in [2.05, 4.69) is 18.8 Å². The zero-order chi connectivity index (χ0) is 7.54. The molecule has 0 aromatic heterocycles. The molecule has 0 heterocycles. The van der Waals surface area contributed by atoms with Gasteiger partial charge in [0.1, 0.15) is 0 Å². The second-order valence-corrected chi connectivity index (χ2v) is 1.45. The third-order valence-electron chi connectivity index (χ3n) is 0.539. The average Bonchev–Trinajstić information content (AvgIpc) is 1.86. The Bertz CT molecular complexity index is 59.9. The summed E-state index contributed by atoms with van der Waals surface area (Å²) in [5, 5.41) is 9.05. The first-order valence-electron chi connectivity index (χ1n) is 3.12. The first-order chi connectivity index (χ1) is 4.33. The highest BCUT2D eigenvalue weighted by Gasteiger charge is 1.66. The molecule has 0 unspecified atom stereocenters. The highest BCUT2D eigenvalue weighted by Crippen LogP contribution is 1.65. The van der Waals surface area contributed by atoms with E-state index in [-0.39, 0.29) is 0 Å². The van der Waals surface area contributed by atoms with E-state index in [1.54, 1.807) is 13.1 Å². The third kappa shape index (κ3) is 40.1. The Morgan fingerprint density at radius 2 is 2.11 bits per heavy atom. The van der Waals surface area contributed by atoms with Gasteiger partial charge >= 0.3 is 0 Å². The van der Waals surface area contributed by atoms with Crippen molar-refractivity contribution in [3.63, 3.8) is 0 Å². The maximum Gasteiger partial charge on any atom is 0.0138 e. The van der Waals surface area contributed by atoms with Gasteiger partial charge in [-0.05, 0) is 25.8 Å². The summed E-state index contributed by atoms with van der Waals surface area (Å²) < 4.78 is 0. The highest BCUT2D eigenvalue weighted by molar-refractivity contribution is 5.48. The lowest BCUT2D eigenvalue weighted by Gasteiger charge is -1.89. The Morgan fingerprint density at radius 1 is 1.67 bits per heavy atom. The minimum Gasteiger partial charge on any atom is -0.391 e. The second kappa shape index (κ2) is 15.7. The normalized spacial score (nSPS) is 6.44. The molecule has 2 heteroatoms. The number of nitrogens with one attached hydrogen (secondary N) is 2. The standard InChI is InChI=1S/C5H11N.C2H5N/c1-3-5-6-4-2;1-2-3/h4,6H,2-3,5H2,1H3;2-3H,1H3. The smallest absolute Gasteiger partial charge is 0.0138 e. The van der Waals surface area contributed by atoms with Crippen molar-refractivity contribution in [1.29, 1.82) is 5.41 Å². The van der Waals surface area contributed by atoms with Crippen LogP contribution in [0.15, 0.2) is 12.8 Å². The van der Waals surface area contributed by atoms with Crippen LogP contribution in [-0.2, 0) is 0 Å². The lowest BCUT2D eigenvalue weighted by molar-refractivity contribution is 0.811. The molecular formula is C7H16N2. The number of hydrogen-bond donors (Lipinski definition) is 2. The van der Waals surface area contributed by atoms with Gasteiger partial charge in [0.15, 0.2) is 0 Å². The van der Waals surface area contributed by atoms with Gasteiger partial charge in [-0.2, -0.15) is 0 Å². The van der Waals surface area contributed by atoms with Gasteiger partial charge < -0.3 is 10.7 Å². The zero-order valence-electron chi connectivity index (χ0n) is 6.28. The predicted molar refractivity (Wildman–Crippen MR) is 42.9 cm³/mol. The van der Waals surface area contributed by atoms with Crippen LogP contribution in [0.25, 0.3) is 0 Å². The van der Waals surface area contributed by atoms with Gasteiger partial charge in [-0.15, -0.1) is 0 Å². The van der Waals surface area contributed by atoms with Crippen LogP contribution in [0.4, 0.5) is 0 Å². The van der Waals surface area contributed by atoms with Crippen molar-refractivity contribution in [1.82, 2.24) is 5.32 Å². The fourth-order valence-electron chi connectivity index (χ4n) is 0.246. The van der Waals surface area contributed by atoms with Crippen LogP contribution in [-0.4, -0.2) is 12.8 Å². The average molecular weight is 128 g/mol. The lowest BCUT2D eigenvalue weighted by Crippen LogP contribution is -2.03. The van der Waals surface area contributed by atoms with E-state index >= 15 is 0 Å². The van der Waals surface area contributed by atoms with Crippen LogP contribution >= 0.6 is 0 Å². The van der Waals surface area contributed by atoms with Crippen LogP contribution in [0.1, 0.15) is 20.3 Å². The highest BCUT2D eigenvalue weighted by atomic mass is 14.8. The SMILES string of the molecule is C=CNCCC.CC=N. The van der Waals surface area contributed by atoms with E-state index < -0.39 is 0 Å². The van der Waals surface area contributed by atoms with Crippen molar-refractivity contribution >= 4 is 6.21 Å². The van der Waals surface area contributed by atoms with E-state index in [1.165, 1.54) is 12.6 Å². The Balaban J connectivity index is 0. The van der Waals surface area contributed by atoms with Crippen LogP contribution < -0.4 is 5.32 Å². The summed E-state index contributed by atoms with van der Waals surface area (Å²) in [7, 11) is 0. The van der Waals surface area contributed by atoms with Crippen LogP contribution in [0, 0.1) is 5.41 Å². The molecule has 54 valence electrons. The molecule has 0 spiro atoms. The molecule has 0 rings (SSSR count). The fraction of sp³-hybridized carbons (Fsp3) is 0.571.